The van der Waals surface area contributed by atoms with Gasteiger partial charge in [-0.15, -0.1) is 0 Å². The third-order valence-corrected chi connectivity index (χ3v) is 1.59. The van der Waals surface area contributed by atoms with Crippen LogP contribution in [0.5, 0.6) is 0 Å². The maximum Gasteiger partial charge on any atom is 0.310 e. The highest BCUT2D eigenvalue weighted by Gasteiger charge is 2.11. The van der Waals surface area contributed by atoms with E-state index in [-0.39, 0.29) is 17.7 Å². The van der Waals surface area contributed by atoms with E-state index in [0.717, 1.165) is 6.20 Å². The van der Waals surface area contributed by atoms with Crippen molar-refractivity contribution in [1.29, 1.82) is 0 Å². The molecular weight excluding hydrogens is 175 g/mol. The molecule has 1 aromatic rings. The van der Waals surface area contributed by atoms with Crippen LogP contribution in [0.4, 0.5) is 10.1 Å². The Hall–Kier alpha value is -1.65. The molecule has 0 amide bonds. The summed E-state index contributed by atoms with van der Waals surface area (Å²) in [5, 5.41) is 0. The van der Waals surface area contributed by atoms with Crippen molar-refractivity contribution in [2.45, 2.75) is 6.42 Å². The van der Waals surface area contributed by atoms with Crippen LogP contribution in [0.3, 0.4) is 0 Å². The highest BCUT2D eigenvalue weighted by Crippen LogP contribution is 2.14. The second-order valence-electron chi connectivity index (χ2n) is 2.44. The number of ether oxygens (including phenoxy) is 1. The molecule has 0 unspecified atom stereocenters. The summed E-state index contributed by atoms with van der Waals surface area (Å²) >= 11 is 0. The molecule has 0 aliphatic carbocycles. The molecule has 0 saturated heterocycles. The molecule has 0 fully saturated rings. The van der Waals surface area contributed by atoms with Crippen molar-refractivity contribution in [3.8, 4) is 0 Å². The Morgan fingerprint density at radius 3 is 2.92 bits per heavy atom. The Morgan fingerprint density at radius 1 is 1.69 bits per heavy atom. The number of methoxy groups -OCH3 is 1. The Bertz CT molecular complexity index is 308. The standard InChI is InChI=1S/C8H9FN2O2/c1-13-8(12)2-5-6(9)3-11-4-7(5)10/h3-4H,2,10H2,1H3. The van der Waals surface area contributed by atoms with Gasteiger partial charge in [-0.2, -0.15) is 0 Å². The summed E-state index contributed by atoms with van der Waals surface area (Å²) in [5.41, 5.74) is 5.70. The SMILES string of the molecule is COC(=O)Cc1c(N)cncc1F. The lowest BCUT2D eigenvalue weighted by Gasteiger charge is -2.04. The van der Waals surface area contributed by atoms with Gasteiger partial charge in [0.25, 0.3) is 0 Å². The molecule has 0 spiro atoms. The van der Waals surface area contributed by atoms with E-state index in [1.165, 1.54) is 13.3 Å². The Morgan fingerprint density at radius 2 is 2.38 bits per heavy atom. The molecule has 0 bridgehead atoms. The zero-order valence-electron chi connectivity index (χ0n) is 7.08. The van der Waals surface area contributed by atoms with Crippen LogP contribution >= 0.6 is 0 Å². The number of anilines is 1. The third kappa shape index (κ3) is 2.14. The van der Waals surface area contributed by atoms with Gasteiger partial charge in [-0.25, -0.2) is 4.39 Å². The van der Waals surface area contributed by atoms with Gasteiger partial charge < -0.3 is 10.5 Å². The predicted octanol–water partition coefficient (Wildman–Crippen LogP) is 0.518. The van der Waals surface area contributed by atoms with E-state index in [2.05, 4.69) is 9.72 Å². The first-order chi connectivity index (χ1) is 6.15. The normalized spacial score (nSPS) is 9.69. The highest BCUT2D eigenvalue weighted by molar-refractivity contribution is 5.74. The lowest BCUT2D eigenvalue weighted by Crippen LogP contribution is -2.09. The predicted molar refractivity (Wildman–Crippen MR) is 44.3 cm³/mol. The molecule has 1 heterocycles. The summed E-state index contributed by atoms with van der Waals surface area (Å²) in [6.45, 7) is 0. The van der Waals surface area contributed by atoms with Crippen molar-refractivity contribution in [2.24, 2.45) is 0 Å². The second kappa shape index (κ2) is 3.84. The van der Waals surface area contributed by atoms with Crippen LogP contribution in [0.2, 0.25) is 0 Å². The lowest BCUT2D eigenvalue weighted by molar-refractivity contribution is -0.139. The minimum atomic E-state index is -0.592. The number of halogens is 1. The number of esters is 1. The number of aromatic nitrogens is 1. The monoisotopic (exact) mass is 184 g/mol. The largest absolute Gasteiger partial charge is 0.469 e. The van der Waals surface area contributed by atoms with E-state index in [0.29, 0.717) is 0 Å². The van der Waals surface area contributed by atoms with Crippen molar-refractivity contribution in [3.05, 3.63) is 23.8 Å². The van der Waals surface area contributed by atoms with Crippen LogP contribution in [-0.4, -0.2) is 18.1 Å². The molecule has 4 nitrogen and oxygen atoms in total. The molecule has 0 saturated carbocycles. The number of carbonyl (C=O) groups is 1. The lowest BCUT2D eigenvalue weighted by atomic mass is 10.1. The number of pyridine rings is 1. The molecule has 0 atom stereocenters. The number of hydrogen-bond donors (Lipinski definition) is 1. The van der Waals surface area contributed by atoms with Crippen LogP contribution in [0.25, 0.3) is 0 Å². The van der Waals surface area contributed by atoms with Crippen molar-refractivity contribution in [1.82, 2.24) is 4.98 Å². The summed E-state index contributed by atoms with van der Waals surface area (Å²) in [6, 6.07) is 0. The highest BCUT2D eigenvalue weighted by atomic mass is 19.1. The maximum atomic E-state index is 13.0. The van der Waals surface area contributed by atoms with Gasteiger partial charge in [0.05, 0.1) is 31.6 Å². The zero-order chi connectivity index (χ0) is 9.84. The summed E-state index contributed by atoms with van der Waals surface area (Å²) in [5.74, 6) is -1.12. The summed E-state index contributed by atoms with van der Waals surface area (Å²) in [6.07, 6.45) is 2.13. The quantitative estimate of drug-likeness (QED) is 0.680. The van der Waals surface area contributed by atoms with E-state index in [1.807, 2.05) is 0 Å². The molecule has 2 N–H and O–H groups in total. The summed E-state index contributed by atoms with van der Waals surface area (Å²) in [7, 11) is 1.23. The van der Waals surface area contributed by atoms with Gasteiger partial charge in [0, 0.05) is 5.56 Å². The molecule has 0 aromatic carbocycles. The van der Waals surface area contributed by atoms with Gasteiger partial charge in [-0.1, -0.05) is 0 Å². The second-order valence-corrected chi connectivity index (χ2v) is 2.44. The average Bonchev–Trinajstić information content (AvgIpc) is 2.11. The van der Waals surface area contributed by atoms with Crippen LogP contribution in [0.1, 0.15) is 5.56 Å². The number of nitrogen functional groups attached to an aromatic ring is 1. The van der Waals surface area contributed by atoms with E-state index >= 15 is 0 Å². The van der Waals surface area contributed by atoms with Crippen molar-refractivity contribution < 1.29 is 13.9 Å². The van der Waals surface area contributed by atoms with Crippen LogP contribution in [-0.2, 0) is 16.0 Å². The minimum absolute atomic E-state index is 0.127. The smallest absolute Gasteiger partial charge is 0.310 e. The van der Waals surface area contributed by atoms with Gasteiger partial charge in [-0.3, -0.25) is 9.78 Å². The summed E-state index contributed by atoms with van der Waals surface area (Å²) < 4.78 is 17.4. The van der Waals surface area contributed by atoms with Crippen molar-refractivity contribution >= 4 is 11.7 Å². The van der Waals surface area contributed by atoms with Gasteiger partial charge in [-0.05, 0) is 0 Å². The fourth-order valence-corrected chi connectivity index (χ4v) is 0.880. The number of rotatable bonds is 2. The first-order valence-corrected chi connectivity index (χ1v) is 3.60. The van der Waals surface area contributed by atoms with Gasteiger partial charge >= 0.3 is 5.97 Å². The van der Waals surface area contributed by atoms with Crippen LogP contribution in [0.15, 0.2) is 12.4 Å². The van der Waals surface area contributed by atoms with Crippen LogP contribution < -0.4 is 5.73 Å². The van der Waals surface area contributed by atoms with Crippen LogP contribution in [0, 0.1) is 5.82 Å². The fourth-order valence-electron chi connectivity index (χ4n) is 0.880. The first-order valence-electron chi connectivity index (χ1n) is 3.60. The third-order valence-electron chi connectivity index (χ3n) is 1.59. The van der Waals surface area contributed by atoms with Gasteiger partial charge in [0.1, 0.15) is 5.82 Å². The van der Waals surface area contributed by atoms with E-state index in [4.69, 9.17) is 5.73 Å². The average molecular weight is 184 g/mol. The van der Waals surface area contributed by atoms with E-state index < -0.39 is 11.8 Å². The molecule has 0 radical (unpaired) electrons. The molecule has 70 valence electrons. The van der Waals surface area contributed by atoms with E-state index in [9.17, 15) is 9.18 Å². The molecular formula is C8H9FN2O2. The molecule has 0 aliphatic rings. The van der Waals surface area contributed by atoms with E-state index in [1.54, 1.807) is 0 Å². The van der Waals surface area contributed by atoms with Crippen molar-refractivity contribution in [2.75, 3.05) is 12.8 Å². The molecule has 1 rings (SSSR count). The topological polar surface area (TPSA) is 65.2 Å². The Kier molecular flexibility index (Phi) is 2.79. The van der Waals surface area contributed by atoms with Gasteiger partial charge in [0.2, 0.25) is 0 Å². The number of nitrogens with zero attached hydrogens (tertiary/aromatic N) is 1. The first kappa shape index (κ1) is 9.44. The van der Waals surface area contributed by atoms with Crippen molar-refractivity contribution in [3.63, 3.8) is 0 Å². The minimum Gasteiger partial charge on any atom is -0.469 e. The summed E-state index contributed by atoms with van der Waals surface area (Å²) in [4.78, 5) is 14.3. The fraction of sp³-hybridized carbons (Fsp3) is 0.250. The molecule has 5 heteroatoms. The molecule has 0 aliphatic heterocycles. The number of nitrogens with two attached hydrogens (primary N) is 1. The molecule has 1 aromatic heterocycles. The molecule has 13 heavy (non-hydrogen) atoms. The number of carbonyl (C=O) groups excluding carboxylic acids is 1. The zero-order valence-corrected chi connectivity index (χ0v) is 7.08. The number of hydrogen-bond acceptors (Lipinski definition) is 4. The maximum absolute atomic E-state index is 13.0. The Labute approximate surface area is 74.5 Å². The Balaban J connectivity index is 2.93. The van der Waals surface area contributed by atoms with Gasteiger partial charge in [0.15, 0.2) is 0 Å².